The number of hydrogen-bond donors (Lipinski definition) is 1. The number of carbonyl (C=O) groups is 1. The topological polar surface area (TPSA) is 102 Å². The molecule has 5 aromatic rings. The minimum atomic E-state index is -3.68. The molecule has 1 amide bonds. The smallest absolute Gasteiger partial charge is 0.257 e. The summed E-state index contributed by atoms with van der Waals surface area (Å²) in [4.78, 5) is 17.5. The Morgan fingerprint density at radius 1 is 1.08 bits per heavy atom. The quantitative estimate of drug-likeness (QED) is 0.264. The van der Waals surface area contributed by atoms with Gasteiger partial charge in [-0.25, -0.2) is 13.4 Å². The van der Waals surface area contributed by atoms with E-state index in [9.17, 15) is 13.2 Å². The number of benzene rings is 3. The van der Waals surface area contributed by atoms with Crippen LogP contribution in [-0.4, -0.2) is 36.8 Å². The highest BCUT2D eigenvalue weighted by Crippen LogP contribution is 2.32. The van der Waals surface area contributed by atoms with E-state index in [1.165, 1.54) is 45.5 Å². The molecule has 2 aromatic heterocycles. The molecule has 3 heterocycles. The molecule has 6 rings (SSSR count). The summed E-state index contributed by atoms with van der Waals surface area (Å²) < 4.78 is 39.4. The van der Waals surface area contributed by atoms with E-state index in [1.807, 2.05) is 60.8 Å². The molecule has 0 fully saturated rings. The maximum atomic E-state index is 13.2. The summed E-state index contributed by atoms with van der Waals surface area (Å²) in [7, 11) is -3.68. The summed E-state index contributed by atoms with van der Waals surface area (Å²) in [6.45, 7) is 3.28. The minimum absolute atomic E-state index is 0.160. The maximum absolute atomic E-state index is 13.2. The minimum Gasteiger partial charge on any atom is -0.494 e. The second-order valence-electron chi connectivity index (χ2n) is 9.12. The molecule has 0 unspecified atom stereocenters. The van der Waals surface area contributed by atoms with Crippen LogP contribution in [0.2, 0.25) is 0 Å². The Balaban J connectivity index is 1.14. The standard InChI is InChI=1S/C29H25N3O5S2/c1-2-36-23-9-12-26-22(15-23)16-27(37-26)25-18-38-29(30-25)31-28(33)20-7-10-24(11-8-20)39(34,35)32-14-13-19-5-3-4-6-21(19)17-32/h3-12,15-16,18H,2,13-14,17H2,1H3,(H,30,31,33). The number of fused-ring (bicyclic) bond motifs is 2. The molecule has 1 aliphatic rings. The lowest BCUT2D eigenvalue weighted by atomic mass is 10.0. The van der Waals surface area contributed by atoms with Gasteiger partial charge in [0, 0.05) is 29.4 Å². The molecule has 0 saturated carbocycles. The third kappa shape index (κ3) is 5.06. The summed E-state index contributed by atoms with van der Waals surface area (Å²) in [6, 6.07) is 21.4. The van der Waals surface area contributed by atoms with Gasteiger partial charge in [-0.1, -0.05) is 24.3 Å². The second kappa shape index (κ2) is 10.3. The number of nitrogens with one attached hydrogen (secondary N) is 1. The number of carbonyl (C=O) groups excluding carboxylic acids is 1. The first-order valence-corrected chi connectivity index (χ1v) is 14.8. The SMILES string of the molecule is CCOc1ccc2oc(-c3csc(NC(=O)c4ccc(S(=O)(=O)N5CCc6ccccc6C5)cc4)n3)cc2c1. The Kier molecular flexibility index (Phi) is 6.68. The summed E-state index contributed by atoms with van der Waals surface area (Å²) >= 11 is 1.28. The number of sulfonamides is 1. The molecule has 0 aliphatic carbocycles. The first-order chi connectivity index (χ1) is 18.9. The van der Waals surface area contributed by atoms with Gasteiger partial charge >= 0.3 is 0 Å². The number of amides is 1. The van der Waals surface area contributed by atoms with E-state index < -0.39 is 10.0 Å². The van der Waals surface area contributed by atoms with Crippen LogP contribution in [0, 0.1) is 0 Å². The van der Waals surface area contributed by atoms with Crippen molar-refractivity contribution in [1.29, 1.82) is 0 Å². The Morgan fingerprint density at radius 2 is 1.87 bits per heavy atom. The van der Waals surface area contributed by atoms with Crippen LogP contribution in [0.5, 0.6) is 5.75 Å². The summed E-state index contributed by atoms with van der Waals surface area (Å²) in [5, 5.41) is 5.91. The van der Waals surface area contributed by atoms with Gasteiger partial charge in [0.25, 0.3) is 5.91 Å². The number of furan rings is 1. The highest BCUT2D eigenvalue weighted by molar-refractivity contribution is 7.89. The fourth-order valence-electron chi connectivity index (χ4n) is 4.62. The van der Waals surface area contributed by atoms with Crippen LogP contribution in [0.25, 0.3) is 22.4 Å². The predicted octanol–water partition coefficient (Wildman–Crippen LogP) is 5.95. The number of rotatable bonds is 7. The molecular formula is C29H25N3O5S2. The molecule has 0 bridgehead atoms. The molecule has 3 aromatic carbocycles. The fraction of sp³-hybridized carbons (Fsp3) is 0.172. The lowest BCUT2D eigenvalue weighted by molar-refractivity contribution is 0.102. The van der Waals surface area contributed by atoms with E-state index in [2.05, 4.69) is 10.3 Å². The van der Waals surface area contributed by atoms with E-state index in [4.69, 9.17) is 9.15 Å². The van der Waals surface area contributed by atoms with Crippen LogP contribution in [0.4, 0.5) is 5.13 Å². The molecule has 10 heteroatoms. The lowest BCUT2D eigenvalue weighted by Gasteiger charge is -2.28. The van der Waals surface area contributed by atoms with E-state index >= 15 is 0 Å². The van der Waals surface area contributed by atoms with Crippen molar-refractivity contribution in [1.82, 2.24) is 9.29 Å². The molecule has 198 valence electrons. The second-order valence-corrected chi connectivity index (χ2v) is 11.9. The Hall–Kier alpha value is -3.99. The zero-order valence-corrected chi connectivity index (χ0v) is 22.7. The number of hydrogen-bond acceptors (Lipinski definition) is 7. The first-order valence-electron chi connectivity index (χ1n) is 12.5. The van der Waals surface area contributed by atoms with Crippen molar-refractivity contribution < 1.29 is 22.4 Å². The number of thiazole rings is 1. The van der Waals surface area contributed by atoms with Crippen molar-refractivity contribution in [3.8, 4) is 17.2 Å². The van der Waals surface area contributed by atoms with Gasteiger partial charge in [-0.05, 0) is 73.0 Å². The number of anilines is 1. The van der Waals surface area contributed by atoms with Gasteiger partial charge in [-0.15, -0.1) is 11.3 Å². The Morgan fingerprint density at radius 3 is 2.67 bits per heavy atom. The number of aromatic nitrogens is 1. The van der Waals surface area contributed by atoms with Gasteiger partial charge in [0.2, 0.25) is 10.0 Å². The molecule has 8 nitrogen and oxygen atoms in total. The average Bonchev–Trinajstić information content (AvgIpc) is 3.60. The largest absolute Gasteiger partial charge is 0.494 e. The van der Waals surface area contributed by atoms with Crippen LogP contribution in [0.3, 0.4) is 0 Å². The molecule has 1 N–H and O–H groups in total. The molecule has 0 atom stereocenters. The van der Waals surface area contributed by atoms with Gasteiger partial charge < -0.3 is 9.15 Å². The van der Waals surface area contributed by atoms with Crippen LogP contribution >= 0.6 is 11.3 Å². The highest BCUT2D eigenvalue weighted by atomic mass is 32.2. The molecular weight excluding hydrogens is 534 g/mol. The van der Waals surface area contributed by atoms with Crippen molar-refractivity contribution in [3.05, 3.63) is 94.9 Å². The van der Waals surface area contributed by atoms with Crippen LogP contribution in [-0.2, 0) is 23.0 Å². The van der Waals surface area contributed by atoms with Crippen molar-refractivity contribution in [3.63, 3.8) is 0 Å². The molecule has 0 spiro atoms. The Bertz CT molecular complexity index is 1770. The maximum Gasteiger partial charge on any atom is 0.257 e. The van der Waals surface area contributed by atoms with Crippen molar-refractivity contribution in [2.45, 2.75) is 24.8 Å². The zero-order chi connectivity index (χ0) is 27.0. The summed E-state index contributed by atoms with van der Waals surface area (Å²) in [6.07, 6.45) is 0.675. The normalized spacial score (nSPS) is 13.8. The van der Waals surface area contributed by atoms with Gasteiger partial charge in [-0.3, -0.25) is 10.1 Å². The predicted molar refractivity (Wildman–Crippen MR) is 151 cm³/mol. The Labute approximate surface area is 229 Å². The van der Waals surface area contributed by atoms with Crippen LogP contribution < -0.4 is 10.1 Å². The number of ether oxygens (including phenoxy) is 1. The van der Waals surface area contributed by atoms with Crippen LogP contribution in [0.1, 0.15) is 28.4 Å². The lowest BCUT2D eigenvalue weighted by Crippen LogP contribution is -2.35. The van der Waals surface area contributed by atoms with E-state index in [0.29, 0.717) is 48.3 Å². The number of nitrogens with zero attached hydrogens (tertiary/aromatic N) is 2. The summed E-state index contributed by atoms with van der Waals surface area (Å²) in [5.41, 5.74) is 3.85. The van der Waals surface area contributed by atoms with Crippen molar-refractivity contribution in [2.24, 2.45) is 0 Å². The summed E-state index contributed by atoms with van der Waals surface area (Å²) in [5.74, 6) is 0.978. The fourth-order valence-corrected chi connectivity index (χ4v) is 6.73. The van der Waals surface area contributed by atoms with E-state index in [1.54, 1.807) is 0 Å². The van der Waals surface area contributed by atoms with E-state index in [0.717, 1.165) is 22.3 Å². The van der Waals surface area contributed by atoms with E-state index in [-0.39, 0.29) is 10.8 Å². The van der Waals surface area contributed by atoms with Gasteiger partial charge in [0.1, 0.15) is 17.0 Å². The molecule has 0 saturated heterocycles. The van der Waals surface area contributed by atoms with Crippen LogP contribution in [0.15, 0.2) is 87.5 Å². The van der Waals surface area contributed by atoms with Crippen molar-refractivity contribution >= 4 is 43.4 Å². The third-order valence-corrected chi connectivity index (χ3v) is 9.24. The van der Waals surface area contributed by atoms with Gasteiger partial charge in [0.05, 0.1) is 11.5 Å². The monoisotopic (exact) mass is 559 g/mol. The van der Waals surface area contributed by atoms with Crippen molar-refractivity contribution in [2.75, 3.05) is 18.5 Å². The third-order valence-electron chi connectivity index (χ3n) is 6.63. The molecule has 1 aliphatic heterocycles. The first kappa shape index (κ1) is 25.3. The van der Waals surface area contributed by atoms with Gasteiger partial charge in [-0.2, -0.15) is 4.31 Å². The van der Waals surface area contributed by atoms with Gasteiger partial charge in [0.15, 0.2) is 10.9 Å². The molecule has 0 radical (unpaired) electrons. The molecule has 39 heavy (non-hydrogen) atoms. The highest BCUT2D eigenvalue weighted by Gasteiger charge is 2.28. The average molecular weight is 560 g/mol. The zero-order valence-electron chi connectivity index (χ0n) is 21.1.